The number of carbonyl (C=O) groups excluding carboxylic acids is 1. The number of halogens is 3. The van der Waals surface area contributed by atoms with Crippen molar-refractivity contribution in [1.82, 2.24) is 14.7 Å². The van der Waals surface area contributed by atoms with Crippen molar-refractivity contribution < 1.29 is 18.0 Å². The Balaban J connectivity index is 1.75. The molecule has 26 heavy (non-hydrogen) atoms. The Morgan fingerprint density at radius 1 is 1.23 bits per heavy atom. The Bertz CT molecular complexity index is 840. The average molecular weight is 364 g/mol. The van der Waals surface area contributed by atoms with Crippen LogP contribution in [0, 0.1) is 6.92 Å². The molecule has 1 aliphatic heterocycles. The number of nitrogens with one attached hydrogen (secondary N) is 1. The first-order chi connectivity index (χ1) is 12.3. The molecule has 3 rings (SSSR count). The molecule has 1 N–H and O–H groups in total. The summed E-state index contributed by atoms with van der Waals surface area (Å²) in [7, 11) is 1.38. The number of anilines is 1. The molecule has 1 aromatic heterocycles. The van der Waals surface area contributed by atoms with Gasteiger partial charge in [-0.05, 0) is 24.5 Å². The minimum absolute atomic E-state index is 0.0538. The number of hydrogen-bond donors (Lipinski definition) is 1. The molecule has 0 radical (unpaired) electrons. The van der Waals surface area contributed by atoms with Crippen LogP contribution < -0.4 is 5.32 Å². The summed E-state index contributed by atoms with van der Waals surface area (Å²) >= 11 is 0. The topological polar surface area (TPSA) is 50.2 Å². The summed E-state index contributed by atoms with van der Waals surface area (Å²) in [5, 5.41) is 6.06. The van der Waals surface area contributed by atoms with Crippen molar-refractivity contribution >= 4 is 17.4 Å². The number of carbonyl (C=O) groups is 1. The number of rotatable bonds is 2. The molecule has 0 fully saturated rings. The van der Waals surface area contributed by atoms with Crippen LogP contribution in [0.15, 0.2) is 36.4 Å². The van der Waals surface area contributed by atoms with E-state index in [-0.39, 0.29) is 11.4 Å². The molecule has 138 valence electrons. The molecule has 8 heteroatoms. The summed E-state index contributed by atoms with van der Waals surface area (Å²) in [5.74, 6) is 0.0538. The minimum Gasteiger partial charge on any atom is -0.320 e. The molecule has 1 aromatic carbocycles. The maximum atomic E-state index is 13.0. The lowest BCUT2D eigenvalue weighted by atomic mass is 10.0. The smallest absolute Gasteiger partial charge is 0.320 e. The van der Waals surface area contributed by atoms with E-state index in [1.165, 1.54) is 14.0 Å². The van der Waals surface area contributed by atoms with Crippen molar-refractivity contribution in [1.29, 1.82) is 0 Å². The lowest BCUT2D eigenvalue weighted by Gasteiger charge is -2.28. The van der Waals surface area contributed by atoms with Gasteiger partial charge in [0.2, 0.25) is 0 Å². The Labute approximate surface area is 149 Å². The van der Waals surface area contributed by atoms with Crippen LogP contribution in [0.4, 0.5) is 23.8 Å². The van der Waals surface area contributed by atoms with Gasteiger partial charge in [-0.1, -0.05) is 36.4 Å². The fourth-order valence-electron chi connectivity index (χ4n) is 3.03. The highest BCUT2D eigenvalue weighted by Gasteiger charge is 2.38. The van der Waals surface area contributed by atoms with Gasteiger partial charge in [0.15, 0.2) is 5.69 Å². The van der Waals surface area contributed by atoms with Crippen molar-refractivity contribution in [3.8, 4) is 0 Å². The molecule has 0 saturated heterocycles. The molecular weight excluding hydrogens is 345 g/mol. The molecule has 0 atom stereocenters. The second kappa shape index (κ2) is 6.86. The first-order valence-corrected chi connectivity index (χ1v) is 8.18. The van der Waals surface area contributed by atoms with Gasteiger partial charge >= 0.3 is 12.2 Å². The van der Waals surface area contributed by atoms with E-state index < -0.39 is 17.9 Å². The Hall–Kier alpha value is -2.77. The second-order valence-electron chi connectivity index (χ2n) is 6.18. The van der Waals surface area contributed by atoms with Gasteiger partial charge in [-0.2, -0.15) is 18.3 Å². The number of amides is 2. The molecule has 2 heterocycles. The van der Waals surface area contributed by atoms with Gasteiger partial charge in [-0.25, -0.2) is 4.79 Å². The zero-order valence-corrected chi connectivity index (χ0v) is 14.5. The molecule has 5 nitrogen and oxygen atoms in total. The molecule has 0 unspecified atom stereocenters. The number of benzene rings is 1. The van der Waals surface area contributed by atoms with E-state index in [1.54, 1.807) is 4.90 Å². The van der Waals surface area contributed by atoms with Crippen molar-refractivity contribution in [3.05, 3.63) is 53.2 Å². The van der Waals surface area contributed by atoms with Crippen LogP contribution in [-0.4, -0.2) is 33.8 Å². The summed E-state index contributed by atoms with van der Waals surface area (Å²) in [6.07, 6.45) is -1.79. The van der Waals surface area contributed by atoms with Crippen molar-refractivity contribution in [2.24, 2.45) is 7.05 Å². The third kappa shape index (κ3) is 3.58. The van der Waals surface area contributed by atoms with E-state index in [9.17, 15) is 18.0 Å². The fourth-order valence-corrected chi connectivity index (χ4v) is 3.03. The van der Waals surface area contributed by atoms with E-state index in [0.29, 0.717) is 19.5 Å². The monoisotopic (exact) mass is 364 g/mol. The molecule has 0 bridgehead atoms. The van der Waals surface area contributed by atoms with Gasteiger partial charge in [0, 0.05) is 25.7 Å². The summed E-state index contributed by atoms with van der Waals surface area (Å²) in [6, 6.07) is 9.26. The van der Waals surface area contributed by atoms with Gasteiger partial charge in [0.25, 0.3) is 0 Å². The zero-order chi connectivity index (χ0) is 18.9. The van der Waals surface area contributed by atoms with Gasteiger partial charge in [0.1, 0.15) is 5.82 Å². The Kier molecular flexibility index (Phi) is 4.76. The van der Waals surface area contributed by atoms with E-state index in [1.807, 2.05) is 30.3 Å². The minimum atomic E-state index is -4.56. The number of aryl methyl sites for hydroxylation is 1. The quantitative estimate of drug-likeness (QED) is 0.873. The van der Waals surface area contributed by atoms with Crippen LogP contribution in [0.1, 0.15) is 23.2 Å². The zero-order valence-electron chi connectivity index (χ0n) is 14.5. The molecule has 0 spiro atoms. The number of nitrogens with zero attached hydrogens (tertiary/aromatic N) is 3. The first kappa shape index (κ1) is 18.0. The number of aromatic nitrogens is 2. The van der Waals surface area contributed by atoms with Crippen LogP contribution in [0.25, 0.3) is 5.57 Å². The van der Waals surface area contributed by atoms with Gasteiger partial charge < -0.3 is 4.90 Å². The lowest BCUT2D eigenvalue weighted by Crippen LogP contribution is -2.39. The van der Waals surface area contributed by atoms with Gasteiger partial charge in [0.05, 0.1) is 0 Å². The van der Waals surface area contributed by atoms with Gasteiger partial charge in [-0.3, -0.25) is 10.00 Å². The normalized spacial score (nSPS) is 15.0. The van der Waals surface area contributed by atoms with Crippen LogP contribution in [0.3, 0.4) is 0 Å². The van der Waals surface area contributed by atoms with Crippen molar-refractivity contribution in [2.45, 2.75) is 19.5 Å². The van der Waals surface area contributed by atoms with Crippen LogP contribution in [-0.2, 0) is 13.2 Å². The third-order valence-corrected chi connectivity index (χ3v) is 4.36. The molecule has 2 amide bonds. The van der Waals surface area contributed by atoms with E-state index in [4.69, 9.17) is 0 Å². The van der Waals surface area contributed by atoms with Gasteiger partial charge in [-0.15, -0.1) is 0 Å². The summed E-state index contributed by atoms with van der Waals surface area (Å²) in [6.45, 7) is 2.21. The predicted molar refractivity (Wildman–Crippen MR) is 92.6 cm³/mol. The van der Waals surface area contributed by atoms with Crippen molar-refractivity contribution in [2.75, 3.05) is 18.4 Å². The Morgan fingerprint density at radius 3 is 2.54 bits per heavy atom. The molecule has 1 aliphatic rings. The van der Waals surface area contributed by atoms with Crippen LogP contribution in [0.5, 0.6) is 0 Å². The summed E-state index contributed by atoms with van der Waals surface area (Å²) in [4.78, 5) is 14.2. The lowest BCUT2D eigenvalue weighted by molar-refractivity contribution is -0.141. The van der Waals surface area contributed by atoms with E-state index in [2.05, 4.69) is 16.5 Å². The maximum Gasteiger partial charge on any atom is 0.435 e. The summed E-state index contributed by atoms with van der Waals surface area (Å²) < 4.78 is 39.9. The molecular formula is C18H19F3N4O. The standard InChI is InChI=1S/C18H19F3N4O/c1-12-15(18(19,20)21)23-24(2)16(12)22-17(26)25-10-6-9-14(11-25)13-7-4-3-5-8-13/h3-5,7-9H,6,10-11H2,1-2H3,(H,22,26). The van der Waals surface area contributed by atoms with E-state index in [0.717, 1.165) is 15.8 Å². The number of urea groups is 1. The van der Waals surface area contributed by atoms with Crippen LogP contribution >= 0.6 is 0 Å². The third-order valence-electron chi connectivity index (χ3n) is 4.36. The molecule has 0 aliphatic carbocycles. The number of alkyl halides is 3. The van der Waals surface area contributed by atoms with Crippen molar-refractivity contribution in [3.63, 3.8) is 0 Å². The highest BCUT2D eigenvalue weighted by Crippen LogP contribution is 2.33. The SMILES string of the molecule is Cc1c(C(F)(F)F)nn(C)c1NC(=O)N1CCC=C(c2ccccc2)C1. The highest BCUT2D eigenvalue weighted by atomic mass is 19.4. The second-order valence-corrected chi connectivity index (χ2v) is 6.18. The summed E-state index contributed by atoms with van der Waals surface area (Å²) in [5.41, 5.74) is 0.966. The average Bonchev–Trinajstić information content (AvgIpc) is 2.91. The maximum absolute atomic E-state index is 13.0. The first-order valence-electron chi connectivity index (χ1n) is 8.18. The highest BCUT2D eigenvalue weighted by molar-refractivity contribution is 5.91. The number of hydrogen-bond acceptors (Lipinski definition) is 2. The predicted octanol–water partition coefficient (Wildman–Crippen LogP) is 4.07. The fraction of sp³-hybridized carbons (Fsp3) is 0.333. The molecule has 2 aromatic rings. The van der Waals surface area contributed by atoms with E-state index >= 15 is 0 Å². The molecule has 0 saturated carbocycles. The van der Waals surface area contributed by atoms with Crippen LogP contribution in [0.2, 0.25) is 0 Å². The Morgan fingerprint density at radius 2 is 1.92 bits per heavy atom. The largest absolute Gasteiger partial charge is 0.435 e.